The van der Waals surface area contributed by atoms with Gasteiger partial charge in [0.25, 0.3) is 0 Å². The smallest absolute Gasteiger partial charge is 0.191 e. The van der Waals surface area contributed by atoms with Crippen LogP contribution in [0.1, 0.15) is 51.0 Å². The van der Waals surface area contributed by atoms with E-state index in [9.17, 15) is 0 Å². The highest BCUT2D eigenvalue weighted by molar-refractivity contribution is 5.41. The highest BCUT2D eigenvalue weighted by Gasteiger charge is 2.52. The Labute approximate surface area is 139 Å². The van der Waals surface area contributed by atoms with Gasteiger partial charge in [-0.05, 0) is 86.8 Å². The van der Waals surface area contributed by atoms with Gasteiger partial charge in [0, 0.05) is 12.7 Å². The monoisotopic (exact) mass is 315 g/mol. The van der Waals surface area contributed by atoms with Gasteiger partial charge >= 0.3 is 0 Å². The summed E-state index contributed by atoms with van der Waals surface area (Å²) in [6.07, 6.45) is 8.14. The number of methoxy groups -OCH3 is 1. The molecule has 0 amide bonds. The molecular formula is C20H27O3. The Morgan fingerprint density at radius 3 is 2.43 bits per heavy atom. The van der Waals surface area contributed by atoms with Gasteiger partial charge in [0.05, 0.1) is 0 Å². The second-order valence-corrected chi connectivity index (χ2v) is 7.85. The lowest BCUT2D eigenvalue weighted by molar-refractivity contribution is -0.150. The van der Waals surface area contributed by atoms with E-state index in [2.05, 4.69) is 18.2 Å². The molecule has 1 aromatic carbocycles. The lowest BCUT2D eigenvalue weighted by Gasteiger charge is -2.57. The molecule has 5 rings (SSSR count). The fourth-order valence-corrected chi connectivity index (χ4v) is 5.66. The molecule has 0 spiro atoms. The first-order chi connectivity index (χ1) is 11.2. The van der Waals surface area contributed by atoms with Crippen molar-refractivity contribution in [1.29, 1.82) is 0 Å². The SMILES string of the molecule is COC(C)OCOc1cc[c]cc1C12CC3CC(CC(C3)C1)C2. The number of hydrogen-bond donors (Lipinski definition) is 0. The van der Waals surface area contributed by atoms with Crippen LogP contribution in [0.2, 0.25) is 0 Å². The maximum Gasteiger partial charge on any atom is 0.191 e. The van der Waals surface area contributed by atoms with Crippen LogP contribution in [0.5, 0.6) is 5.75 Å². The highest BCUT2D eigenvalue weighted by atomic mass is 16.7. The fourth-order valence-electron chi connectivity index (χ4n) is 5.66. The zero-order valence-corrected chi connectivity index (χ0v) is 14.2. The average molecular weight is 315 g/mol. The van der Waals surface area contributed by atoms with E-state index in [0.29, 0.717) is 5.41 Å². The van der Waals surface area contributed by atoms with Crippen LogP contribution in [0, 0.1) is 23.8 Å². The highest BCUT2D eigenvalue weighted by Crippen LogP contribution is 2.61. The summed E-state index contributed by atoms with van der Waals surface area (Å²) in [4.78, 5) is 0. The predicted octanol–water partition coefficient (Wildman–Crippen LogP) is 4.30. The first kappa shape index (κ1) is 15.5. The molecule has 23 heavy (non-hydrogen) atoms. The Bertz CT molecular complexity index is 518. The van der Waals surface area contributed by atoms with Crippen LogP contribution in [-0.4, -0.2) is 20.2 Å². The van der Waals surface area contributed by atoms with E-state index in [1.165, 1.54) is 44.1 Å². The molecule has 0 N–H and O–H groups in total. The van der Waals surface area contributed by atoms with Gasteiger partial charge in [0.2, 0.25) is 0 Å². The van der Waals surface area contributed by atoms with Gasteiger partial charge in [-0.15, -0.1) is 0 Å². The molecule has 0 aliphatic heterocycles. The second kappa shape index (κ2) is 6.10. The van der Waals surface area contributed by atoms with Crippen molar-refractivity contribution in [1.82, 2.24) is 0 Å². The zero-order valence-electron chi connectivity index (χ0n) is 14.2. The summed E-state index contributed by atoms with van der Waals surface area (Å²) in [6.45, 7) is 2.11. The van der Waals surface area contributed by atoms with Crippen LogP contribution in [0.25, 0.3) is 0 Å². The Balaban J connectivity index is 1.55. The van der Waals surface area contributed by atoms with E-state index < -0.39 is 0 Å². The number of benzene rings is 1. The van der Waals surface area contributed by atoms with Crippen LogP contribution in [-0.2, 0) is 14.9 Å². The minimum Gasteiger partial charge on any atom is -0.467 e. The summed E-state index contributed by atoms with van der Waals surface area (Å²) in [5.74, 6) is 3.77. The number of hydrogen-bond acceptors (Lipinski definition) is 3. The third-order valence-corrected chi connectivity index (χ3v) is 6.28. The van der Waals surface area contributed by atoms with E-state index in [1.54, 1.807) is 7.11 Å². The van der Waals surface area contributed by atoms with Crippen molar-refractivity contribution < 1.29 is 14.2 Å². The van der Waals surface area contributed by atoms with E-state index in [0.717, 1.165) is 23.5 Å². The summed E-state index contributed by atoms with van der Waals surface area (Å²) in [5, 5.41) is 0. The van der Waals surface area contributed by atoms with Gasteiger partial charge in [-0.1, -0.05) is 6.07 Å². The van der Waals surface area contributed by atoms with Gasteiger partial charge in [-0.2, -0.15) is 0 Å². The van der Waals surface area contributed by atoms with Crippen molar-refractivity contribution in [3.05, 3.63) is 29.8 Å². The lowest BCUT2D eigenvalue weighted by atomic mass is 9.48. The molecule has 1 aromatic rings. The maximum atomic E-state index is 5.98. The molecular weight excluding hydrogens is 288 g/mol. The van der Waals surface area contributed by atoms with Gasteiger partial charge in [-0.3, -0.25) is 0 Å². The molecule has 0 saturated heterocycles. The van der Waals surface area contributed by atoms with Gasteiger partial charge < -0.3 is 14.2 Å². The van der Waals surface area contributed by atoms with Crippen LogP contribution < -0.4 is 4.74 Å². The second-order valence-electron chi connectivity index (χ2n) is 7.85. The normalized spacial score (nSPS) is 36.2. The Kier molecular flexibility index (Phi) is 4.10. The van der Waals surface area contributed by atoms with Crippen molar-refractivity contribution in [3.63, 3.8) is 0 Å². The molecule has 4 bridgehead atoms. The van der Waals surface area contributed by atoms with E-state index in [4.69, 9.17) is 14.2 Å². The van der Waals surface area contributed by atoms with Crippen molar-refractivity contribution in [2.24, 2.45) is 17.8 Å². The third kappa shape index (κ3) is 2.89. The molecule has 1 unspecified atom stereocenters. The first-order valence-corrected chi connectivity index (χ1v) is 8.96. The van der Waals surface area contributed by atoms with Crippen molar-refractivity contribution in [2.45, 2.75) is 57.2 Å². The van der Waals surface area contributed by atoms with Crippen molar-refractivity contribution >= 4 is 0 Å². The Morgan fingerprint density at radius 1 is 1.17 bits per heavy atom. The van der Waals surface area contributed by atoms with Crippen molar-refractivity contribution in [2.75, 3.05) is 13.9 Å². The van der Waals surface area contributed by atoms with Gasteiger partial charge in [0.15, 0.2) is 13.1 Å². The lowest BCUT2D eigenvalue weighted by Crippen LogP contribution is -2.48. The molecule has 4 aliphatic rings. The average Bonchev–Trinajstić information content (AvgIpc) is 2.54. The van der Waals surface area contributed by atoms with E-state index >= 15 is 0 Å². The fraction of sp³-hybridized carbons (Fsp3) is 0.700. The summed E-state index contributed by atoms with van der Waals surface area (Å²) in [5.41, 5.74) is 1.70. The van der Waals surface area contributed by atoms with Crippen LogP contribution in [0.4, 0.5) is 0 Å². The molecule has 125 valence electrons. The van der Waals surface area contributed by atoms with Crippen molar-refractivity contribution in [3.8, 4) is 5.75 Å². The van der Waals surface area contributed by atoms with Crippen LogP contribution in [0.3, 0.4) is 0 Å². The maximum absolute atomic E-state index is 5.98. The quantitative estimate of drug-likeness (QED) is 0.733. The third-order valence-electron chi connectivity index (χ3n) is 6.28. The van der Waals surface area contributed by atoms with Gasteiger partial charge in [0.1, 0.15) is 5.75 Å². The van der Waals surface area contributed by atoms with E-state index in [-0.39, 0.29) is 13.1 Å². The zero-order chi connectivity index (χ0) is 15.9. The first-order valence-electron chi connectivity index (χ1n) is 8.96. The summed E-state index contributed by atoms with van der Waals surface area (Å²) in [7, 11) is 1.64. The molecule has 0 aromatic heterocycles. The molecule has 4 fully saturated rings. The molecule has 1 radical (unpaired) electrons. The summed E-state index contributed by atoms with van der Waals surface area (Å²) < 4.78 is 16.6. The van der Waals surface area contributed by atoms with Crippen LogP contribution >= 0.6 is 0 Å². The molecule has 0 heterocycles. The van der Waals surface area contributed by atoms with E-state index in [1.807, 2.05) is 13.0 Å². The topological polar surface area (TPSA) is 27.7 Å². The van der Waals surface area contributed by atoms with Crippen LogP contribution in [0.15, 0.2) is 18.2 Å². The number of rotatable bonds is 6. The minimum absolute atomic E-state index is 0.235. The molecule has 4 aliphatic carbocycles. The molecule has 3 heteroatoms. The summed E-state index contributed by atoms with van der Waals surface area (Å²) >= 11 is 0. The summed E-state index contributed by atoms with van der Waals surface area (Å²) in [6, 6.07) is 9.45. The minimum atomic E-state index is -0.242. The Hall–Kier alpha value is -1.06. The van der Waals surface area contributed by atoms with Gasteiger partial charge in [-0.25, -0.2) is 0 Å². The molecule has 4 saturated carbocycles. The molecule has 3 nitrogen and oxygen atoms in total. The standard InChI is InChI=1S/C20H27O3/c1-14(21-2)22-13-23-19-6-4-3-5-18(19)20-10-15-7-16(11-20)9-17(8-15)12-20/h4-6,14-17H,7-13H2,1-2H3. The molecule has 1 atom stereocenters. The largest absolute Gasteiger partial charge is 0.467 e. The Morgan fingerprint density at radius 2 is 1.83 bits per heavy atom. The predicted molar refractivity (Wildman–Crippen MR) is 88.2 cm³/mol. The number of ether oxygens (including phenoxy) is 3.